The Labute approximate surface area is 136 Å². The normalized spacial score (nSPS) is 31.3. The van der Waals surface area contributed by atoms with Crippen LogP contribution >= 0.6 is 22.6 Å². The highest BCUT2D eigenvalue weighted by molar-refractivity contribution is 14.1. The van der Waals surface area contributed by atoms with Crippen molar-refractivity contribution in [1.29, 1.82) is 0 Å². The van der Waals surface area contributed by atoms with Gasteiger partial charge in [-0.05, 0) is 5.53 Å². The van der Waals surface area contributed by atoms with Crippen molar-refractivity contribution in [2.75, 3.05) is 10.2 Å². The molecule has 3 rings (SSSR count). The largest absolute Gasteiger partial charge is 0.387 e. The number of nitrogen functional groups attached to an aromatic ring is 1. The molecule has 11 nitrogen and oxygen atoms in total. The van der Waals surface area contributed by atoms with E-state index >= 15 is 0 Å². The van der Waals surface area contributed by atoms with Gasteiger partial charge in [-0.25, -0.2) is 15.0 Å². The van der Waals surface area contributed by atoms with E-state index in [1.165, 1.54) is 17.2 Å². The highest BCUT2D eigenvalue weighted by Crippen LogP contribution is 2.40. The summed E-state index contributed by atoms with van der Waals surface area (Å²) >= 11 is 1.91. The van der Waals surface area contributed by atoms with Gasteiger partial charge in [-0.1, -0.05) is 27.7 Å². The van der Waals surface area contributed by atoms with Gasteiger partial charge in [0.15, 0.2) is 23.4 Å². The van der Waals surface area contributed by atoms with Crippen molar-refractivity contribution < 1.29 is 14.9 Å². The number of hydrogen-bond acceptors (Lipinski definition) is 8. The van der Waals surface area contributed by atoms with Gasteiger partial charge in [-0.2, -0.15) is 0 Å². The number of imidazole rings is 1. The summed E-state index contributed by atoms with van der Waals surface area (Å²) in [6.45, 7) is 0. The minimum atomic E-state index is -1.56. The van der Waals surface area contributed by atoms with Crippen LogP contribution in [0.5, 0.6) is 0 Å². The predicted molar refractivity (Wildman–Crippen MR) is 82.6 cm³/mol. The quantitative estimate of drug-likeness (QED) is 0.209. The zero-order valence-electron chi connectivity index (χ0n) is 11.0. The van der Waals surface area contributed by atoms with Crippen molar-refractivity contribution in [2.45, 2.75) is 24.2 Å². The summed E-state index contributed by atoms with van der Waals surface area (Å²) < 4.78 is 7.23. The van der Waals surface area contributed by atoms with E-state index in [2.05, 4.69) is 25.0 Å². The molecule has 0 bridgehead atoms. The average Bonchev–Trinajstić information content (AvgIpc) is 3.04. The molecule has 2 aromatic rings. The molecule has 3 unspecified atom stereocenters. The van der Waals surface area contributed by atoms with Gasteiger partial charge in [0.2, 0.25) is 0 Å². The Morgan fingerprint density at radius 2 is 2.27 bits per heavy atom. The molecular weight excluding hydrogens is 407 g/mol. The van der Waals surface area contributed by atoms with E-state index < -0.39 is 24.2 Å². The van der Waals surface area contributed by atoms with Gasteiger partial charge < -0.3 is 20.7 Å². The fraction of sp³-hybridized carbons (Fsp3) is 0.500. The minimum Gasteiger partial charge on any atom is -0.387 e. The van der Waals surface area contributed by atoms with Gasteiger partial charge >= 0.3 is 0 Å². The third-order valence-electron chi connectivity index (χ3n) is 3.47. The van der Waals surface area contributed by atoms with Crippen LogP contribution in [0.15, 0.2) is 17.8 Å². The first kappa shape index (κ1) is 15.2. The first-order chi connectivity index (χ1) is 10.5. The van der Waals surface area contributed by atoms with Crippen molar-refractivity contribution in [3.8, 4) is 0 Å². The van der Waals surface area contributed by atoms with E-state index in [1.54, 1.807) is 0 Å². The van der Waals surface area contributed by atoms with Crippen LogP contribution in [0.2, 0.25) is 0 Å². The summed E-state index contributed by atoms with van der Waals surface area (Å²) in [6, 6.07) is 0. The maximum absolute atomic E-state index is 10.3. The molecule has 116 valence electrons. The minimum absolute atomic E-state index is 0.160. The molecule has 0 amide bonds. The molecule has 1 aliphatic rings. The molecule has 0 aliphatic carbocycles. The second kappa shape index (κ2) is 5.48. The standard InChI is InChI=1S/C10H11IN8O3/c11-1-10(17-18-13)6(21)5(20)9(22-10)19-3-16-4-7(12)14-2-15-8(4)19/h2-3,5-6,9,20-21H,1H2,(H2,12,14,15)/t5?,6?,9?,10-/m1/s1. The van der Waals surface area contributed by atoms with E-state index in [4.69, 9.17) is 16.0 Å². The highest BCUT2D eigenvalue weighted by atomic mass is 127. The Morgan fingerprint density at radius 3 is 2.95 bits per heavy atom. The van der Waals surface area contributed by atoms with Crippen molar-refractivity contribution in [2.24, 2.45) is 5.11 Å². The Bertz CT molecular complexity index is 762. The topological polar surface area (TPSA) is 168 Å². The maximum atomic E-state index is 10.3. The average molecular weight is 418 g/mol. The van der Waals surface area contributed by atoms with Crippen LogP contribution in [-0.4, -0.2) is 52.1 Å². The van der Waals surface area contributed by atoms with E-state index in [-0.39, 0.29) is 10.2 Å². The van der Waals surface area contributed by atoms with E-state index in [0.29, 0.717) is 11.2 Å². The number of aromatic nitrogens is 4. The zero-order chi connectivity index (χ0) is 15.9. The fourth-order valence-corrected chi connectivity index (χ4v) is 3.13. The molecule has 0 aromatic carbocycles. The number of fused-ring (bicyclic) bond motifs is 1. The summed E-state index contributed by atoms with van der Waals surface area (Å²) in [5.74, 6) is 0.187. The summed E-state index contributed by atoms with van der Waals surface area (Å²) in [6.07, 6.45) is -1.10. The van der Waals surface area contributed by atoms with Crippen LogP contribution in [0.3, 0.4) is 0 Å². The van der Waals surface area contributed by atoms with Gasteiger partial charge in [-0.3, -0.25) is 4.57 Å². The van der Waals surface area contributed by atoms with E-state index in [0.717, 1.165) is 0 Å². The Balaban J connectivity index is 2.08. The SMILES string of the molecule is [N-]=[N+]=N[C@]1(CI)OC(n2cnc3c(N)ncnc32)C(O)C1O. The third kappa shape index (κ3) is 2.07. The molecule has 3 heterocycles. The van der Waals surface area contributed by atoms with Crippen LogP contribution in [0.25, 0.3) is 21.6 Å². The van der Waals surface area contributed by atoms with E-state index in [9.17, 15) is 10.2 Å². The van der Waals surface area contributed by atoms with Crippen molar-refractivity contribution in [1.82, 2.24) is 19.5 Å². The molecule has 1 aliphatic heterocycles. The van der Waals surface area contributed by atoms with Crippen LogP contribution in [0.4, 0.5) is 5.82 Å². The molecule has 1 fully saturated rings. The lowest BCUT2D eigenvalue weighted by molar-refractivity contribution is -0.0824. The molecule has 0 spiro atoms. The zero-order valence-corrected chi connectivity index (χ0v) is 13.1. The smallest absolute Gasteiger partial charge is 0.186 e. The van der Waals surface area contributed by atoms with Crippen molar-refractivity contribution in [3.05, 3.63) is 23.1 Å². The second-order valence-electron chi connectivity index (χ2n) is 4.69. The number of nitrogens with two attached hydrogens (primary N) is 1. The van der Waals surface area contributed by atoms with Crippen LogP contribution in [0.1, 0.15) is 6.23 Å². The lowest BCUT2D eigenvalue weighted by Gasteiger charge is -2.23. The van der Waals surface area contributed by atoms with Crippen LogP contribution in [0, 0.1) is 0 Å². The lowest BCUT2D eigenvalue weighted by atomic mass is 10.1. The Hall–Kier alpha value is -1.73. The van der Waals surface area contributed by atoms with Gasteiger partial charge in [0.05, 0.1) is 6.33 Å². The van der Waals surface area contributed by atoms with E-state index in [1.807, 2.05) is 22.6 Å². The fourth-order valence-electron chi connectivity index (χ4n) is 2.34. The number of ether oxygens (including phenoxy) is 1. The number of anilines is 1. The molecular formula is C10H11IN8O3. The number of alkyl halides is 1. The lowest BCUT2D eigenvalue weighted by Crippen LogP contribution is -2.42. The molecule has 4 atom stereocenters. The number of halogens is 1. The molecule has 4 N–H and O–H groups in total. The molecule has 12 heteroatoms. The molecule has 1 saturated heterocycles. The summed E-state index contributed by atoms with van der Waals surface area (Å²) in [5.41, 5.74) is 13.5. The molecule has 22 heavy (non-hydrogen) atoms. The highest BCUT2D eigenvalue weighted by Gasteiger charge is 2.54. The monoisotopic (exact) mass is 418 g/mol. The maximum Gasteiger partial charge on any atom is 0.186 e. The van der Waals surface area contributed by atoms with Gasteiger partial charge in [0.1, 0.15) is 24.1 Å². The Kier molecular flexibility index (Phi) is 3.78. The van der Waals surface area contributed by atoms with Crippen LogP contribution < -0.4 is 5.73 Å². The van der Waals surface area contributed by atoms with Crippen molar-refractivity contribution in [3.63, 3.8) is 0 Å². The van der Waals surface area contributed by atoms with Crippen LogP contribution in [-0.2, 0) is 4.74 Å². The summed E-state index contributed by atoms with van der Waals surface area (Å²) in [4.78, 5) is 14.7. The molecule has 2 aromatic heterocycles. The Morgan fingerprint density at radius 1 is 1.50 bits per heavy atom. The predicted octanol–water partition coefficient (Wildman–Crippen LogP) is 0.101. The molecule has 0 radical (unpaired) electrons. The first-order valence-corrected chi connectivity index (χ1v) is 7.66. The first-order valence-electron chi connectivity index (χ1n) is 6.13. The number of aliphatic hydroxyl groups is 2. The number of azide groups is 1. The van der Waals surface area contributed by atoms with Gasteiger partial charge in [0, 0.05) is 9.34 Å². The molecule has 0 saturated carbocycles. The van der Waals surface area contributed by atoms with Crippen molar-refractivity contribution >= 4 is 39.6 Å². The summed E-state index contributed by atoms with van der Waals surface area (Å²) in [7, 11) is 0. The van der Waals surface area contributed by atoms with Gasteiger partial charge in [0.25, 0.3) is 0 Å². The number of aliphatic hydroxyl groups excluding tert-OH is 2. The summed E-state index contributed by atoms with van der Waals surface area (Å²) in [5, 5.41) is 24.0. The third-order valence-corrected chi connectivity index (χ3v) is 4.56. The van der Waals surface area contributed by atoms with Gasteiger partial charge in [-0.15, -0.1) is 0 Å². The number of rotatable bonds is 3. The second-order valence-corrected chi connectivity index (χ2v) is 5.46. The number of hydrogen-bond donors (Lipinski definition) is 3. The number of nitrogens with zero attached hydrogens (tertiary/aromatic N) is 7.